The topological polar surface area (TPSA) is 78.6 Å². The number of thiocarbonyl (C=S) groups is 2. The van der Waals surface area contributed by atoms with E-state index in [1.807, 2.05) is 30.3 Å². The lowest BCUT2D eigenvalue weighted by Crippen LogP contribution is -2.49. The van der Waals surface area contributed by atoms with Crippen LogP contribution < -0.4 is 36.5 Å². The van der Waals surface area contributed by atoms with Crippen molar-refractivity contribution in [2.75, 3.05) is 25.0 Å². The van der Waals surface area contributed by atoms with E-state index >= 15 is 0 Å². The van der Waals surface area contributed by atoms with Crippen molar-refractivity contribution in [3.63, 3.8) is 0 Å². The molecule has 0 aliphatic heterocycles. The van der Waals surface area contributed by atoms with Gasteiger partial charge in [0.2, 0.25) is 5.11 Å². The van der Waals surface area contributed by atoms with Crippen LogP contribution in [0.1, 0.15) is 0 Å². The van der Waals surface area contributed by atoms with Crippen LogP contribution in [-0.2, 0) is 0 Å². The average molecular weight is 377 g/mol. The zero-order valence-electron chi connectivity index (χ0n) is 13.8. The van der Waals surface area contributed by atoms with Gasteiger partial charge in [-0.05, 0) is 48.7 Å². The van der Waals surface area contributed by atoms with E-state index in [2.05, 4.69) is 27.0 Å². The highest BCUT2D eigenvalue weighted by Gasteiger charge is 2.07. The van der Waals surface area contributed by atoms with Gasteiger partial charge in [-0.1, -0.05) is 18.2 Å². The van der Waals surface area contributed by atoms with E-state index in [4.69, 9.17) is 33.9 Å². The molecule has 132 valence electrons. The second-order valence-electron chi connectivity index (χ2n) is 4.72. The molecular weight excluding hydrogens is 358 g/mol. The van der Waals surface area contributed by atoms with Gasteiger partial charge in [-0.25, -0.2) is 0 Å². The summed E-state index contributed by atoms with van der Waals surface area (Å²) in [6.07, 6.45) is 0. The lowest BCUT2D eigenvalue weighted by Gasteiger charge is -2.16. The van der Waals surface area contributed by atoms with Crippen molar-refractivity contribution in [1.29, 1.82) is 0 Å². The molecule has 0 heterocycles. The molecule has 9 heteroatoms. The molecule has 0 aromatic heterocycles. The number of benzene rings is 2. The zero-order chi connectivity index (χ0) is 18.1. The summed E-state index contributed by atoms with van der Waals surface area (Å²) >= 11 is 10.4. The number of para-hydroxylation sites is 1. The Hall–Kier alpha value is -2.78. The Labute approximate surface area is 157 Å². The molecule has 0 unspecified atom stereocenters. The molecule has 2 aromatic carbocycles. The monoisotopic (exact) mass is 377 g/mol. The highest BCUT2D eigenvalue weighted by atomic mass is 32.1. The van der Waals surface area contributed by atoms with Crippen molar-refractivity contribution >= 4 is 46.0 Å². The first-order valence-electron chi connectivity index (χ1n) is 7.28. The summed E-state index contributed by atoms with van der Waals surface area (Å²) in [5.74, 6) is 1.32. The van der Waals surface area contributed by atoms with Gasteiger partial charge in [0.05, 0.1) is 25.6 Å². The molecular formula is C16H19N5O2S2. The SMILES string of the molecule is COc1ccc(OC)c(NC(=S)NNC(=S)NNc2ccccc2)c1. The Morgan fingerprint density at radius 1 is 0.840 bits per heavy atom. The van der Waals surface area contributed by atoms with Crippen molar-refractivity contribution in [3.05, 3.63) is 48.5 Å². The third-order valence-electron chi connectivity index (χ3n) is 3.04. The van der Waals surface area contributed by atoms with Gasteiger partial charge in [0.1, 0.15) is 11.5 Å². The average Bonchev–Trinajstić information content (AvgIpc) is 2.65. The number of hydrazine groups is 2. The zero-order valence-corrected chi connectivity index (χ0v) is 15.4. The summed E-state index contributed by atoms with van der Waals surface area (Å²) in [6, 6.07) is 14.9. The molecule has 0 atom stereocenters. The Morgan fingerprint density at radius 2 is 1.56 bits per heavy atom. The quantitative estimate of drug-likeness (QED) is 0.399. The van der Waals surface area contributed by atoms with Gasteiger partial charge in [0, 0.05) is 6.07 Å². The van der Waals surface area contributed by atoms with Crippen LogP contribution in [0.3, 0.4) is 0 Å². The summed E-state index contributed by atoms with van der Waals surface area (Å²) in [5.41, 5.74) is 12.9. The maximum atomic E-state index is 5.28. The second kappa shape index (κ2) is 9.50. The van der Waals surface area contributed by atoms with Gasteiger partial charge in [-0.2, -0.15) is 0 Å². The van der Waals surface area contributed by atoms with E-state index in [0.717, 1.165) is 5.69 Å². The van der Waals surface area contributed by atoms with Gasteiger partial charge >= 0.3 is 0 Å². The van der Waals surface area contributed by atoms with Crippen LogP contribution >= 0.6 is 24.4 Å². The molecule has 0 saturated carbocycles. The standard InChI is InChI=1S/C16H19N5O2S2/c1-22-12-8-9-14(23-2)13(10-12)17-15(24)19-21-16(25)20-18-11-6-4-3-5-7-11/h3-10,18H,1-2H3,(H2,17,19,24)(H2,20,21,25). The van der Waals surface area contributed by atoms with Crippen LogP contribution in [0.15, 0.2) is 48.5 Å². The Morgan fingerprint density at radius 3 is 2.24 bits per heavy atom. The molecule has 0 radical (unpaired) electrons. The molecule has 7 nitrogen and oxygen atoms in total. The van der Waals surface area contributed by atoms with E-state index in [9.17, 15) is 0 Å². The van der Waals surface area contributed by atoms with Crippen LogP contribution in [0.5, 0.6) is 11.5 Å². The number of ether oxygens (including phenoxy) is 2. The molecule has 0 aliphatic rings. The number of anilines is 2. The number of hydrogen-bond acceptors (Lipinski definition) is 5. The second-order valence-corrected chi connectivity index (χ2v) is 5.53. The van der Waals surface area contributed by atoms with Crippen LogP contribution in [0.2, 0.25) is 0 Å². The normalized spacial score (nSPS) is 9.52. The van der Waals surface area contributed by atoms with Crippen molar-refractivity contribution in [2.24, 2.45) is 0 Å². The maximum Gasteiger partial charge on any atom is 0.204 e. The minimum atomic E-state index is 0.315. The van der Waals surface area contributed by atoms with Crippen molar-refractivity contribution in [3.8, 4) is 11.5 Å². The first-order valence-corrected chi connectivity index (χ1v) is 8.10. The van der Waals surface area contributed by atoms with E-state index in [-0.39, 0.29) is 0 Å². The fourth-order valence-electron chi connectivity index (χ4n) is 1.86. The van der Waals surface area contributed by atoms with E-state index in [0.29, 0.717) is 27.4 Å². The van der Waals surface area contributed by atoms with Crippen LogP contribution in [0.25, 0.3) is 0 Å². The molecule has 0 bridgehead atoms. The predicted molar refractivity (Wildman–Crippen MR) is 108 cm³/mol. The largest absolute Gasteiger partial charge is 0.497 e. The third-order valence-corrected chi connectivity index (χ3v) is 3.45. The molecule has 0 fully saturated rings. The van der Waals surface area contributed by atoms with Crippen LogP contribution in [-0.4, -0.2) is 24.4 Å². The summed E-state index contributed by atoms with van der Waals surface area (Å²) in [5, 5.41) is 3.65. The number of rotatable bonds is 5. The highest BCUT2D eigenvalue weighted by Crippen LogP contribution is 2.28. The summed E-state index contributed by atoms with van der Waals surface area (Å²) in [7, 11) is 3.17. The summed E-state index contributed by atoms with van der Waals surface area (Å²) in [4.78, 5) is 0. The summed E-state index contributed by atoms with van der Waals surface area (Å²) in [6.45, 7) is 0. The van der Waals surface area contributed by atoms with Crippen molar-refractivity contribution in [2.45, 2.75) is 0 Å². The van der Waals surface area contributed by atoms with Crippen LogP contribution in [0, 0.1) is 0 Å². The van der Waals surface area contributed by atoms with Gasteiger partial charge < -0.3 is 14.8 Å². The van der Waals surface area contributed by atoms with E-state index in [1.54, 1.807) is 32.4 Å². The first kappa shape index (κ1) is 18.6. The number of nitrogens with one attached hydrogen (secondary N) is 5. The highest BCUT2D eigenvalue weighted by molar-refractivity contribution is 7.80. The Balaban J connectivity index is 1.81. The molecule has 2 rings (SSSR count). The van der Waals surface area contributed by atoms with Gasteiger partial charge in [0.25, 0.3) is 0 Å². The summed E-state index contributed by atoms with van der Waals surface area (Å²) < 4.78 is 10.5. The molecule has 0 aliphatic carbocycles. The molecule has 5 N–H and O–H groups in total. The molecule has 0 spiro atoms. The lowest BCUT2D eigenvalue weighted by atomic mass is 10.2. The third kappa shape index (κ3) is 5.98. The van der Waals surface area contributed by atoms with E-state index < -0.39 is 0 Å². The lowest BCUT2D eigenvalue weighted by molar-refractivity contribution is 0.405. The van der Waals surface area contributed by atoms with Gasteiger partial charge in [-0.15, -0.1) is 0 Å². The molecule has 2 aromatic rings. The van der Waals surface area contributed by atoms with Crippen molar-refractivity contribution in [1.82, 2.24) is 16.3 Å². The minimum Gasteiger partial charge on any atom is -0.497 e. The predicted octanol–water partition coefficient (Wildman–Crippen LogP) is 2.40. The van der Waals surface area contributed by atoms with Gasteiger partial charge in [-0.3, -0.25) is 21.7 Å². The molecule has 0 amide bonds. The first-order chi connectivity index (χ1) is 12.1. The van der Waals surface area contributed by atoms with Crippen molar-refractivity contribution < 1.29 is 9.47 Å². The van der Waals surface area contributed by atoms with Crippen LogP contribution in [0.4, 0.5) is 11.4 Å². The number of methoxy groups -OCH3 is 2. The fraction of sp³-hybridized carbons (Fsp3) is 0.125. The van der Waals surface area contributed by atoms with E-state index in [1.165, 1.54) is 0 Å². The molecule has 25 heavy (non-hydrogen) atoms. The smallest absolute Gasteiger partial charge is 0.204 e. The Kier molecular flexibility index (Phi) is 7.05. The Bertz CT molecular complexity index is 728. The number of hydrogen-bond donors (Lipinski definition) is 5. The molecule has 0 saturated heterocycles. The fourth-order valence-corrected chi connectivity index (χ4v) is 2.12. The van der Waals surface area contributed by atoms with Gasteiger partial charge in [0.15, 0.2) is 5.11 Å². The minimum absolute atomic E-state index is 0.315. The maximum absolute atomic E-state index is 5.28.